The molecule has 1 heterocycles. The van der Waals surface area contributed by atoms with Crippen molar-refractivity contribution >= 4 is 0 Å². The first kappa shape index (κ1) is 15.1. The van der Waals surface area contributed by atoms with E-state index < -0.39 is 6.61 Å². The number of hydrogen-bond donors (Lipinski definition) is 0. The molecule has 0 spiro atoms. The predicted molar refractivity (Wildman–Crippen MR) is 69.3 cm³/mol. The van der Waals surface area contributed by atoms with E-state index in [4.69, 9.17) is 4.74 Å². The Morgan fingerprint density at radius 3 is 2.32 bits per heavy atom. The molecule has 1 aliphatic heterocycles. The molecule has 1 saturated carbocycles. The molecule has 5 heteroatoms. The van der Waals surface area contributed by atoms with E-state index in [1.807, 2.05) is 0 Å². The van der Waals surface area contributed by atoms with Gasteiger partial charge in [0.25, 0.3) is 0 Å². The monoisotopic (exact) mass is 277 g/mol. The van der Waals surface area contributed by atoms with Crippen LogP contribution in [0.2, 0.25) is 0 Å². The predicted octanol–water partition coefficient (Wildman–Crippen LogP) is 2.90. The van der Waals surface area contributed by atoms with Crippen LogP contribution in [0.25, 0.3) is 0 Å². The number of halogens is 2. The first-order valence-corrected chi connectivity index (χ1v) is 7.27. The highest BCUT2D eigenvalue weighted by Gasteiger charge is 2.44. The molecule has 0 aromatic heterocycles. The first-order valence-electron chi connectivity index (χ1n) is 7.27. The van der Waals surface area contributed by atoms with Gasteiger partial charge in [0, 0.05) is 25.0 Å². The highest BCUT2D eigenvalue weighted by molar-refractivity contribution is 4.96. The van der Waals surface area contributed by atoms with E-state index in [0.717, 1.165) is 26.2 Å². The molecule has 0 bridgehead atoms. The molecular formula is C14H25F2NO2. The number of piperidine rings is 1. The van der Waals surface area contributed by atoms with Crippen molar-refractivity contribution in [2.24, 2.45) is 5.41 Å². The maximum absolute atomic E-state index is 12.1. The number of nitrogens with zero attached hydrogens (tertiary/aromatic N) is 1. The zero-order valence-corrected chi connectivity index (χ0v) is 11.9. The van der Waals surface area contributed by atoms with Crippen molar-refractivity contribution in [3.63, 3.8) is 0 Å². The van der Waals surface area contributed by atoms with E-state index >= 15 is 0 Å². The zero-order valence-electron chi connectivity index (χ0n) is 11.9. The summed E-state index contributed by atoms with van der Waals surface area (Å²) >= 11 is 0. The largest absolute Gasteiger partial charge is 0.378 e. The Morgan fingerprint density at radius 1 is 1.21 bits per heavy atom. The molecule has 0 N–H and O–H groups in total. The molecule has 0 aromatic carbocycles. The Labute approximate surface area is 114 Å². The maximum Gasteiger partial charge on any atom is 0.345 e. The molecule has 0 radical (unpaired) electrons. The number of ether oxygens (including phenoxy) is 2. The van der Waals surface area contributed by atoms with E-state index in [2.05, 4.69) is 23.5 Å². The van der Waals surface area contributed by atoms with Gasteiger partial charge < -0.3 is 14.4 Å². The van der Waals surface area contributed by atoms with Gasteiger partial charge >= 0.3 is 6.61 Å². The molecule has 2 aliphatic rings. The standard InChI is InChI=1S/C14H25F2NO2/c1-11(2)18-10-14(5-6-14)9-17-7-3-12(4-8-17)19-13(15)16/h11-13H,3-10H2,1-2H3. The number of likely N-dealkylation sites (tertiary alicyclic amines) is 1. The van der Waals surface area contributed by atoms with Gasteiger partial charge in [-0.2, -0.15) is 8.78 Å². The van der Waals surface area contributed by atoms with E-state index in [9.17, 15) is 8.78 Å². The van der Waals surface area contributed by atoms with Crippen LogP contribution in [0.15, 0.2) is 0 Å². The lowest BCUT2D eigenvalue weighted by atomic mass is 10.0. The summed E-state index contributed by atoms with van der Waals surface area (Å²) in [6, 6.07) is 0. The molecular weight excluding hydrogens is 252 g/mol. The van der Waals surface area contributed by atoms with Gasteiger partial charge in [-0.05, 0) is 39.5 Å². The summed E-state index contributed by atoms with van der Waals surface area (Å²) in [6.07, 6.45) is 3.90. The second-order valence-electron chi connectivity index (χ2n) is 6.23. The highest BCUT2D eigenvalue weighted by Crippen LogP contribution is 2.47. The minimum atomic E-state index is -2.63. The average Bonchev–Trinajstić information content (AvgIpc) is 3.09. The van der Waals surface area contributed by atoms with Crippen molar-refractivity contribution in [3.05, 3.63) is 0 Å². The Kier molecular flexibility index (Phi) is 5.15. The van der Waals surface area contributed by atoms with Gasteiger partial charge in [-0.3, -0.25) is 0 Å². The summed E-state index contributed by atoms with van der Waals surface area (Å²) < 4.78 is 34.6. The van der Waals surface area contributed by atoms with Crippen molar-refractivity contribution in [2.75, 3.05) is 26.2 Å². The van der Waals surface area contributed by atoms with E-state index in [1.54, 1.807) is 0 Å². The fourth-order valence-corrected chi connectivity index (χ4v) is 2.69. The molecule has 3 nitrogen and oxygen atoms in total. The zero-order chi connectivity index (χ0) is 13.9. The van der Waals surface area contributed by atoms with Crippen LogP contribution in [-0.2, 0) is 9.47 Å². The van der Waals surface area contributed by atoms with Crippen LogP contribution in [0.3, 0.4) is 0 Å². The Bertz CT molecular complexity index is 275. The van der Waals surface area contributed by atoms with Crippen LogP contribution in [0.5, 0.6) is 0 Å². The molecule has 1 aliphatic carbocycles. The van der Waals surface area contributed by atoms with Crippen LogP contribution < -0.4 is 0 Å². The lowest BCUT2D eigenvalue weighted by Gasteiger charge is -2.34. The fourth-order valence-electron chi connectivity index (χ4n) is 2.69. The lowest BCUT2D eigenvalue weighted by molar-refractivity contribution is -0.173. The van der Waals surface area contributed by atoms with Gasteiger partial charge in [0.2, 0.25) is 0 Å². The molecule has 0 amide bonds. The van der Waals surface area contributed by atoms with E-state index in [0.29, 0.717) is 18.3 Å². The summed E-state index contributed by atoms with van der Waals surface area (Å²) in [6.45, 7) is 5.08. The van der Waals surface area contributed by atoms with Gasteiger partial charge in [-0.15, -0.1) is 0 Å². The summed E-state index contributed by atoms with van der Waals surface area (Å²) in [5.41, 5.74) is 0.334. The van der Waals surface area contributed by atoms with Crippen LogP contribution in [0.4, 0.5) is 8.78 Å². The second kappa shape index (κ2) is 6.46. The van der Waals surface area contributed by atoms with Crippen molar-refractivity contribution < 1.29 is 18.3 Å². The van der Waals surface area contributed by atoms with Crippen molar-refractivity contribution in [1.29, 1.82) is 0 Å². The smallest absolute Gasteiger partial charge is 0.345 e. The third-order valence-electron chi connectivity index (χ3n) is 4.07. The number of hydrogen-bond acceptors (Lipinski definition) is 3. The van der Waals surface area contributed by atoms with Crippen LogP contribution in [0, 0.1) is 5.41 Å². The Balaban J connectivity index is 1.68. The number of alkyl halides is 2. The Morgan fingerprint density at radius 2 is 1.84 bits per heavy atom. The summed E-state index contributed by atoms with van der Waals surface area (Å²) in [7, 11) is 0. The topological polar surface area (TPSA) is 21.7 Å². The van der Waals surface area contributed by atoms with Gasteiger partial charge in [-0.25, -0.2) is 0 Å². The summed E-state index contributed by atoms with van der Waals surface area (Å²) in [4.78, 5) is 2.38. The Hall–Kier alpha value is -0.260. The lowest BCUT2D eigenvalue weighted by Crippen LogP contribution is -2.41. The normalized spacial score (nSPS) is 24.3. The SMILES string of the molecule is CC(C)OCC1(CN2CCC(OC(F)F)CC2)CC1. The van der Waals surface area contributed by atoms with Crippen LogP contribution in [0.1, 0.15) is 39.5 Å². The molecule has 0 atom stereocenters. The summed E-state index contributed by atoms with van der Waals surface area (Å²) in [5, 5.41) is 0. The minimum absolute atomic E-state index is 0.265. The maximum atomic E-state index is 12.1. The minimum Gasteiger partial charge on any atom is -0.378 e. The van der Waals surface area contributed by atoms with Crippen molar-refractivity contribution in [1.82, 2.24) is 4.90 Å². The molecule has 0 unspecified atom stereocenters. The number of rotatable bonds is 7. The van der Waals surface area contributed by atoms with E-state index in [1.165, 1.54) is 12.8 Å². The molecule has 2 rings (SSSR count). The van der Waals surface area contributed by atoms with Crippen molar-refractivity contribution in [3.8, 4) is 0 Å². The highest BCUT2D eigenvalue weighted by atomic mass is 19.3. The summed E-state index contributed by atoms with van der Waals surface area (Å²) in [5.74, 6) is 0. The first-order chi connectivity index (χ1) is 8.99. The molecule has 19 heavy (non-hydrogen) atoms. The van der Waals surface area contributed by atoms with Gasteiger partial charge in [0.15, 0.2) is 0 Å². The molecule has 112 valence electrons. The van der Waals surface area contributed by atoms with Crippen LogP contribution >= 0.6 is 0 Å². The second-order valence-corrected chi connectivity index (χ2v) is 6.23. The average molecular weight is 277 g/mol. The molecule has 2 fully saturated rings. The third kappa shape index (κ3) is 4.97. The van der Waals surface area contributed by atoms with E-state index in [-0.39, 0.29) is 12.2 Å². The van der Waals surface area contributed by atoms with Gasteiger partial charge in [0.05, 0.1) is 18.8 Å². The van der Waals surface area contributed by atoms with Crippen LogP contribution in [-0.4, -0.2) is 50.0 Å². The quantitative estimate of drug-likeness (QED) is 0.714. The van der Waals surface area contributed by atoms with Gasteiger partial charge in [0.1, 0.15) is 0 Å². The van der Waals surface area contributed by atoms with Gasteiger partial charge in [-0.1, -0.05) is 0 Å². The fraction of sp³-hybridized carbons (Fsp3) is 1.00. The molecule has 0 aromatic rings. The van der Waals surface area contributed by atoms with Crippen molar-refractivity contribution in [2.45, 2.75) is 58.4 Å². The third-order valence-corrected chi connectivity index (χ3v) is 4.07. The molecule has 1 saturated heterocycles.